The summed E-state index contributed by atoms with van der Waals surface area (Å²) >= 11 is 0. The summed E-state index contributed by atoms with van der Waals surface area (Å²) in [7, 11) is 1.23. The van der Waals surface area contributed by atoms with Crippen LogP contribution in [0, 0.1) is 0 Å². The van der Waals surface area contributed by atoms with Crippen molar-refractivity contribution >= 4 is 12.6 Å². The summed E-state index contributed by atoms with van der Waals surface area (Å²) < 4.78 is 37.3. The molecule has 2 N–H and O–H groups in total. The van der Waals surface area contributed by atoms with Crippen LogP contribution in [0.5, 0.6) is 0 Å². The number of nitrogens with one attached hydrogen (secondary N) is 2. The third kappa shape index (κ3) is 1.63. The molecule has 0 aromatic heterocycles. The van der Waals surface area contributed by atoms with E-state index in [0.717, 1.165) is 6.34 Å². The number of aliphatic imine (C=N–C) groups is 1. The summed E-state index contributed by atoms with van der Waals surface area (Å²) in [6.45, 7) is 0. The summed E-state index contributed by atoms with van der Waals surface area (Å²) in [5.41, 5.74) is -3.09. The fraction of sp³-hybridized carbons (Fsp3) is 0.429. The summed E-state index contributed by atoms with van der Waals surface area (Å²) in [4.78, 5) is 14.1. The van der Waals surface area contributed by atoms with E-state index >= 15 is 0 Å². The number of nitrogens with zero attached hydrogens (tertiary/aromatic N) is 1. The Morgan fingerprint density at radius 1 is 1.64 bits per heavy atom. The van der Waals surface area contributed by atoms with Crippen LogP contribution >= 0.6 is 0 Å². The minimum Gasteiger partial charge on any atom is -0.353 e. The lowest BCUT2D eigenvalue weighted by molar-refractivity contribution is -0.122. The maximum absolute atomic E-state index is 12.4. The van der Waals surface area contributed by atoms with Crippen molar-refractivity contribution in [2.75, 3.05) is 7.05 Å². The van der Waals surface area contributed by atoms with Gasteiger partial charge in [-0.25, -0.2) is 4.99 Å². The molecule has 0 fully saturated rings. The second kappa shape index (κ2) is 3.41. The van der Waals surface area contributed by atoms with E-state index in [4.69, 9.17) is 0 Å². The average molecular weight is 207 g/mol. The minimum absolute atomic E-state index is 0.115. The Morgan fingerprint density at radius 2 is 2.29 bits per heavy atom. The number of aldehydes is 1. The van der Waals surface area contributed by atoms with Gasteiger partial charge in [-0.15, -0.1) is 0 Å². The van der Waals surface area contributed by atoms with Crippen LogP contribution in [0.3, 0.4) is 0 Å². The average Bonchev–Trinajstić information content (AvgIpc) is 2.16. The third-order valence-corrected chi connectivity index (χ3v) is 1.84. The van der Waals surface area contributed by atoms with Crippen LogP contribution in [-0.2, 0) is 4.79 Å². The molecule has 1 atom stereocenters. The van der Waals surface area contributed by atoms with Crippen LogP contribution in [0.2, 0.25) is 0 Å². The van der Waals surface area contributed by atoms with Gasteiger partial charge in [0.05, 0.1) is 11.9 Å². The Balaban J connectivity index is 3.14. The van der Waals surface area contributed by atoms with E-state index in [1.165, 1.54) is 7.05 Å². The zero-order valence-corrected chi connectivity index (χ0v) is 7.22. The van der Waals surface area contributed by atoms with Crippen LogP contribution < -0.4 is 10.6 Å². The first kappa shape index (κ1) is 10.7. The lowest BCUT2D eigenvalue weighted by atomic mass is 10.0. The van der Waals surface area contributed by atoms with Crippen molar-refractivity contribution in [2.24, 2.45) is 4.99 Å². The van der Waals surface area contributed by atoms with E-state index < -0.39 is 17.4 Å². The lowest BCUT2D eigenvalue weighted by Crippen LogP contribution is -2.51. The number of halogens is 3. The largest absolute Gasteiger partial charge is 0.418 e. The molecule has 0 bridgehead atoms. The first-order valence-electron chi connectivity index (χ1n) is 3.69. The van der Waals surface area contributed by atoms with Gasteiger partial charge in [0.1, 0.15) is 0 Å². The van der Waals surface area contributed by atoms with E-state index in [0.29, 0.717) is 6.20 Å². The highest BCUT2D eigenvalue weighted by atomic mass is 19.4. The fourth-order valence-corrected chi connectivity index (χ4v) is 1.09. The highest BCUT2D eigenvalue weighted by molar-refractivity contribution is 5.76. The predicted octanol–water partition coefficient (Wildman–Crippen LogP) is 0.179. The zero-order valence-electron chi connectivity index (χ0n) is 7.22. The molecule has 1 heterocycles. The minimum atomic E-state index is -4.60. The Kier molecular flexibility index (Phi) is 2.61. The topological polar surface area (TPSA) is 53.5 Å². The SMILES string of the molecule is CNC1(C=O)N=CNC=C1C(F)(F)F. The van der Waals surface area contributed by atoms with Crippen molar-refractivity contribution in [1.82, 2.24) is 10.6 Å². The molecule has 14 heavy (non-hydrogen) atoms. The Bertz CT molecular complexity index is 297. The van der Waals surface area contributed by atoms with Crippen LogP contribution in [-0.4, -0.2) is 31.5 Å². The molecule has 1 unspecified atom stereocenters. The maximum atomic E-state index is 12.4. The highest BCUT2D eigenvalue weighted by Gasteiger charge is 2.48. The number of rotatable bonds is 2. The van der Waals surface area contributed by atoms with Gasteiger partial charge >= 0.3 is 6.18 Å². The number of hydrogen-bond acceptors (Lipinski definition) is 4. The van der Waals surface area contributed by atoms with E-state index in [1.807, 2.05) is 0 Å². The number of alkyl halides is 3. The number of hydrogen-bond donors (Lipinski definition) is 2. The summed E-state index contributed by atoms with van der Waals surface area (Å²) in [5, 5.41) is 4.42. The van der Waals surface area contributed by atoms with E-state index in [1.54, 1.807) is 0 Å². The molecule has 0 radical (unpaired) electrons. The van der Waals surface area contributed by atoms with Crippen molar-refractivity contribution in [3.05, 3.63) is 11.8 Å². The molecular weight excluding hydrogens is 199 g/mol. The van der Waals surface area contributed by atoms with E-state index in [2.05, 4.69) is 15.6 Å². The van der Waals surface area contributed by atoms with Gasteiger partial charge in [0, 0.05) is 6.20 Å². The number of carbonyl (C=O) groups is 1. The van der Waals surface area contributed by atoms with Gasteiger partial charge in [-0.3, -0.25) is 10.1 Å². The molecule has 1 aliphatic rings. The quantitative estimate of drug-likeness (QED) is 0.635. The number of carbonyl (C=O) groups excluding carboxylic acids is 1. The Labute approximate surface area is 77.9 Å². The molecule has 0 saturated heterocycles. The van der Waals surface area contributed by atoms with E-state index in [-0.39, 0.29) is 6.29 Å². The molecule has 0 saturated carbocycles. The highest BCUT2D eigenvalue weighted by Crippen LogP contribution is 2.34. The molecule has 0 amide bonds. The van der Waals surface area contributed by atoms with Gasteiger partial charge in [0.2, 0.25) is 0 Å². The third-order valence-electron chi connectivity index (χ3n) is 1.84. The van der Waals surface area contributed by atoms with Gasteiger partial charge in [-0.05, 0) is 7.05 Å². The molecule has 0 aromatic rings. The molecule has 78 valence electrons. The molecular formula is C7H8F3N3O. The molecule has 7 heteroatoms. The van der Waals surface area contributed by atoms with Gasteiger partial charge in [-0.2, -0.15) is 13.2 Å². The van der Waals surface area contributed by atoms with Crippen molar-refractivity contribution in [3.63, 3.8) is 0 Å². The van der Waals surface area contributed by atoms with Crippen LogP contribution in [0.4, 0.5) is 13.2 Å². The normalized spacial score (nSPS) is 26.7. The second-order valence-electron chi connectivity index (χ2n) is 2.61. The van der Waals surface area contributed by atoms with Crippen molar-refractivity contribution < 1.29 is 18.0 Å². The maximum Gasteiger partial charge on any atom is 0.418 e. The van der Waals surface area contributed by atoms with Gasteiger partial charge in [-0.1, -0.05) is 0 Å². The first-order valence-corrected chi connectivity index (χ1v) is 3.69. The molecule has 4 nitrogen and oxygen atoms in total. The molecule has 0 aliphatic carbocycles. The molecule has 0 spiro atoms. The van der Waals surface area contributed by atoms with Crippen molar-refractivity contribution in [3.8, 4) is 0 Å². The van der Waals surface area contributed by atoms with E-state index in [9.17, 15) is 18.0 Å². The summed E-state index contributed by atoms with van der Waals surface area (Å²) in [6.07, 6.45) is -2.75. The first-order chi connectivity index (χ1) is 6.46. The van der Waals surface area contributed by atoms with Crippen LogP contribution in [0.25, 0.3) is 0 Å². The standard InChI is InChI=1S/C7H8F3N3O/c1-11-6(3-14)5(7(8,9)10)2-12-4-13-6/h2-4,11H,1H3,(H,12,13). The van der Waals surface area contributed by atoms with Crippen molar-refractivity contribution in [2.45, 2.75) is 11.8 Å². The fourth-order valence-electron chi connectivity index (χ4n) is 1.09. The monoisotopic (exact) mass is 207 g/mol. The van der Waals surface area contributed by atoms with Crippen LogP contribution in [0.1, 0.15) is 0 Å². The molecule has 1 aliphatic heterocycles. The lowest BCUT2D eigenvalue weighted by Gasteiger charge is -2.29. The summed E-state index contributed by atoms with van der Waals surface area (Å²) in [5.74, 6) is 0. The predicted molar refractivity (Wildman–Crippen MR) is 43.6 cm³/mol. The smallest absolute Gasteiger partial charge is 0.353 e. The Morgan fingerprint density at radius 3 is 2.64 bits per heavy atom. The second-order valence-corrected chi connectivity index (χ2v) is 2.61. The molecule has 0 aromatic carbocycles. The Hall–Kier alpha value is -1.37. The molecule has 1 rings (SSSR count). The van der Waals surface area contributed by atoms with Gasteiger partial charge in [0.15, 0.2) is 11.9 Å². The summed E-state index contributed by atoms with van der Waals surface area (Å²) in [6, 6.07) is 0. The number of likely N-dealkylation sites (N-methyl/N-ethyl adjacent to an activating group) is 1. The van der Waals surface area contributed by atoms with Crippen molar-refractivity contribution in [1.29, 1.82) is 0 Å². The zero-order chi connectivity index (χ0) is 10.8. The van der Waals surface area contributed by atoms with Gasteiger partial charge < -0.3 is 5.32 Å². The van der Waals surface area contributed by atoms with Crippen LogP contribution in [0.15, 0.2) is 16.8 Å². The van der Waals surface area contributed by atoms with Gasteiger partial charge in [0.25, 0.3) is 0 Å².